The van der Waals surface area contributed by atoms with Gasteiger partial charge < -0.3 is 4.43 Å². The summed E-state index contributed by atoms with van der Waals surface area (Å²) in [5.41, 5.74) is 1.19. The zero-order chi connectivity index (χ0) is 15.7. The molecule has 119 valence electrons. The highest BCUT2D eigenvalue weighted by Gasteiger charge is 2.32. The van der Waals surface area contributed by atoms with Crippen molar-refractivity contribution >= 4 is 14.8 Å². The van der Waals surface area contributed by atoms with Crippen molar-refractivity contribution in [3.8, 4) is 0 Å². The highest BCUT2D eigenvalue weighted by molar-refractivity contribution is 6.55. The Morgan fingerprint density at radius 1 is 1.00 bits per heavy atom. The van der Waals surface area contributed by atoms with Gasteiger partial charge in [-0.2, -0.15) is 0 Å². The first-order chi connectivity index (χ1) is 9.38. The number of Topliss-reactive ketones (excluding diaryl/α,β-unsaturated/α-hetero) is 1. The number of hydrogen-bond donors (Lipinski definition) is 0. The van der Waals surface area contributed by atoms with Gasteiger partial charge in [0.1, 0.15) is 5.78 Å². The molecule has 0 aromatic heterocycles. The van der Waals surface area contributed by atoms with Crippen molar-refractivity contribution in [2.24, 2.45) is 5.92 Å². The summed E-state index contributed by atoms with van der Waals surface area (Å²) in [6.45, 7) is 15.4. The third-order valence-corrected chi connectivity index (χ3v) is 6.65. The Labute approximate surface area is 128 Å². The van der Waals surface area contributed by atoms with Gasteiger partial charge in [0.2, 0.25) is 9.04 Å². The summed E-state index contributed by atoms with van der Waals surface area (Å²) in [4.78, 5) is 12.3. The standard InChI is InChI=1S/C17H35O2Si/c1-8-11-16(18)15(10-3)17(12-9-2)19-20(13(4)5)14(6)7/h13-15,17H,8-12H2,1-7H3/t15-,17+/m0/s1. The molecule has 2 atom stereocenters. The second-order valence-corrected chi connectivity index (χ2v) is 9.74. The molecule has 0 aliphatic carbocycles. The average molecular weight is 300 g/mol. The normalized spacial score (nSPS) is 15.1. The van der Waals surface area contributed by atoms with Crippen LogP contribution in [-0.2, 0) is 9.22 Å². The Morgan fingerprint density at radius 2 is 1.55 bits per heavy atom. The van der Waals surface area contributed by atoms with Crippen LogP contribution >= 0.6 is 0 Å². The van der Waals surface area contributed by atoms with Gasteiger partial charge >= 0.3 is 0 Å². The molecule has 0 aromatic carbocycles. The minimum absolute atomic E-state index is 0.104. The largest absolute Gasteiger partial charge is 0.412 e. The first kappa shape index (κ1) is 19.8. The van der Waals surface area contributed by atoms with Crippen LogP contribution in [0, 0.1) is 5.92 Å². The van der Waals surface area contributed by atoms with Gasteiger partial charge in [-0.1, -0.05) is 54.9 Å². The van der Waals surface area contributed by atoms with E-state index in [2.05, 4.69) is 48.5 Å². The molecule has 0 N–H and O–H groups in total. The highest BCUT2D eigenvalue weighted by atomic mass is 28.3. The van der Waals surface area contributed by atoms with Gasteiger partial charge in [-0.3, -0.25) is 4.79 Å². The summed E-state index contributed by atoms with van der Waals surface area (Å²) >= 11 is 0. The molecule has 0 heterocycles. The molecule has 0 amide bonds. The predicted octanol–water partition coefficient (Wildman–Crippen LogP) is 5.38. The first-order valence-corrected chi connectivity index (χ1v) is 10.0. The van der Waals surface area contributed by atoms with E-state index in [1.165, 1.54) is 0 Å². The average Bonchev–Trinajstić information content (AvgIpc) is 2.35. The van der Waals surface area contributed by atoms with Crippen LogP contribution < -0.4 is 0 Å². The van der Waals surface area contributed by atoms with Gasteiger partial charge in [-0.15, -0.1) is 0 Å². The van der Waals surface area contributed by atoms with Crippen molar-refractivity contribution in [1.29, 1.82) is 0 Å². The van der Waals surface area contributed by atoms with E-state index in [-0.39, 0.29) is 12.0 Å². The molecular weight excluding hydrogens is 264 g/mol. The minimum atomic E-state index is -0.854. The summed E-state index contributed by atoms with van der Waals surface area (Å²) in [5, 5.41) is 0. The number of carbonyl (C=O) groups is 1. The van der Waals surface area contributed by atoms with E-state index >= 15 is 0 Å². The lowest BCUT2D eigenvalue weighted by atomic mass is 9.90. The number of ketones is 1. The van der Waals surface area contributed by atoms with Gasteiger partial charge in [0.05, 0.1) is 6.10 Å². The van der Waals surface area contributed by atoms with Crippen LogP contribution in [0.25, 0.3) is 0 Å². The van der Waals surface area contributed by atoms with E-state index < -0.39 is 9.04 Å². The summed E-state index contributed by atoms with van der Waals surface area (Å²) in [6.07, 6.45) is 4.80. The molecule has 0 fully saturated rings. The van der Waals surface area contributed by atoms with Crippen LogP contribution in [0.15, 0.2) is 0 Å². The van der Waals surface area contributed by atoms with Crippen LogP contribution in [-0.4, -0.2) is 20.9 Å². The molecule has 20 heavy (non-hydrogen) atoms. The van der Waals surface area contributed by atoms with E-state index in [0.29, 0.717) is 23.3 Å². The fourth-order valence-corrected chi connectivity index (χ4v) is 5.38. The topological polar surface area (TPSA) is 26.3 Å². The van der Waals surface area contributed by atoms with Crippen LogP contribution in [0.4, 0.5) is 0 Å². The van der Waals surface area contributed by atoms with E-state index in [1.807, 2.05) is 0 Å². The third-order valence-electron chi connectivity index (χ3n) is 3.80. The molecule has 1 radical (unpaired) electrons. The zero-order valence-electron chi connectivity index (χ0n) is 14.7. The minimum Gasteiger partial charge on any atom is -0.412 e. The lowest BCUT2D eigenvalue weighted by molar-refractivity contribution is -0.126. The molecule has 2 nitrogen and oxygen atoms in total. The van der Waals surface area contributed by atoms with Crippen molar-refractivity contribution in [2.75, 3.05) is 0 Å². The Morgan fingerprint density at radius 3 is 1.90 bits per heavy atom. The molecule has 0 aromatic rings. The first-order valence-electron chi connectivity index (χ1n) is 8.44. The number of rotatable bonds is 11. The molecule has 0 rings (SSSR count). The lowest BCUT2D eigenvalue weighted by Gasteiger charge is -2.32. The monoisotopic (exact) mass is 299 g/mol. The lowest BCUT2D eigenvalue weighted by Crippen LogP contribution is -2.38. The van der Waals surface area contributed by atoms with Crippen LogP contribution in [0.3, 0.4) is 0 Å². The summed E-state index contributed by atoms with van der Waals surface area (Å²) in [6, 6.07) is 0. The Balaban J connectivity index is 4.94. The molecule has 0 aliphatic heterocycles. The summed E-state index contributed by atoms with van der Waals surface area (Å²) in [7, 11) is -0.854. The molecule has 3 heteroatoms. The number of hydrogen-bond acceptors (Lipinski definition) is 2. The van der Waals surface area contributed by atoms with E-state index in [1.54, 1.807) is 0 Å². The van der Waals surface area contributed by atoms with Crippen molar-refractivity contribution in [1.82, 2.24) is 0 Å². The Bertz CT molecular complexity index is 256. The fraction of sp³-hybridized carbons (Fsp3) is 0.941. The van der Waals surface area contributed by atoms with Crippen LogP contribution in [0.1, 0.15) is 80.6 Å². The maximum Gasteiger partial charge on any atom is 0.217 e. The maximum absolute atomic E-state index is 12.3. The van der Waals surface area contributed by atoms with Crippen molar-refractivity contribution in [2.45, 2.75) is 97.8 Å². The predicted molar refractivity (Wildman–Crippen MR) is 89.4 cm³/mol. The van der Waals surface area contributed by atoms with Crippen molar-refractivity contribution < 1.29 is 9.22 Å². The quantitative estimate of drug-likeness (QED) is 0.479. The second kappa shape index (κ2) is 10.6. The highest BCUT2D eigenvalue weighted by Crippen LogP contribution is 2.28. The smallest absolute Gasteiger partial charge is 0.217 e. The van der Waals surface area contributed by atoms with E-state index in [9.17, 15) is 4.79 Å². The molecule has 0 saturated carbocycles. The molecular formula is C17H35O2Si. The Hall–Kier alpha value is -0.153. The summed E-state index contributed by atoms with van der Waals surface area (Å²) < 4.78 is 6.52. The molecule has 0 aliphatic rings. The van der Waals surface area contributed by atoms with Crippen molar-refractivity contribution in [3.63, 3.8) is 0 Å². The van der Waals surface area contributed by atoms with E-state index in [0.717, 1.165) is 25.7 Å². The van der Waals surface area contributed by atoms with Gasteiger partial charge in [0, 0.05) is 12.3 Å². The molecule has 0 saturated heterocycles. The summed E-state index contributed by atoms with van der Waals surface area (Å²) in [5.74, 6) is 0.509. The number of carbonyl (C=O) groups excluding carboxylic acids is 1. The van der Waals surface area contributed by atoms with Gasteiger partial charge in [0.15, 0.2) is 0 Å². The van der Waals surface area contributed by atoms with Gasteiger partial charge in [0.25, 0.3) is 0 Å². The third kappa shape index (κ3) is 6.53. The second-order valence-electron chi connectivity index (χ2n) is 6.39. The molecule has 0 spiro atoms. The Kier molecular flexibility index (Phi) is 10.5. The van der Waals surface area contributed by atoms with Gasteiger partial charge in [-0.25, -0.2) is 0 Å². The molecule has 0 unspecified atom stereocenters. The van der Waals surface area contributed by atoms with Crippen LogP contribution in [0.2, 0.25) is 11.1 Å². The molecule has 0 bridgehead atoms. The SMILES string of the molecule is CCCC(=O)[C@H](CC)[C@@H](CCC)O[Si](C(C)C)C(C)C. The zero-order valence-corrected chi connectivity index (χ0v) is 15.7. The van der Waals surface area contributed by atoms with Gasteiger partial charge in [-0.05, 0) is 30.3 Å². The van der Waals surface area contributed by atoms with Crippen LogP contribution in [0.5, 0.6) is 0 Å². The maximum atomic E-state index is 12.3. The van der Waals surface area contributed by atoms with E-state index in [4.69, 9.17) is 4.43 Å². The van der Waals surface area contributed by atoms with Crippen molar-refractivity contribution in [3.05, 3.63) is 0 Å². The fourth-order valence-electron chi connectivity index (χ4n) is 2.87.